The molecule has 0 bridgehead atoms. The van der Waals surface area contributed by atoms with E-state index in [1.807, 2.05) is 0 Å². The van der Waals surface area contributed by atoms with Gasteiger partial charge in [0.15, 0.2) is 5.13 Å². The molecule has 0 aromatic carbocycles. The highest BCUT2D eigenvalue weighted by molar-refractivity contribution is 7.15. The second kappa shape index (κ2) is 4.20. The SMILES string of the molecule is NNc1ncc(Cn2cnc([N+](=O)[O-])n2)s1. The summed E-state index contributed by atoms with van der Waals surface area (Å²) < 4.78 is 1.37. The van der Waals surface area contributed by atoms with Gasteiger partial charge < -0.3 is 10.1 Å². The number of nitro groups is 1. The second-order valence-electron chi connectivity index (χ2n) is 2.78. The first kappa shape index (κ1) is 10.4. The molecule has 0 unspecified atom stereocenters. The van der Waals surface area contributed by atoms with Crippen molar-refractivity contribution >= 4 is 22.4 Å². The number of nitrogens with one attached hydrogen (secondary N) is 1. The number of rotatable bonds is 4. The van der Waals surface area contributed by atoms with Crippen molar-refractivity contribution in [2.75, 3.05) is 5.43 Å². The lowest BCUT2D eigenvalue weighted by molar-refractivity contribution is -0.394. The van der Waals surface area contributed by atoms with Gasteiger partial charge in [0.1, 0.15) is 0 Å². The lowest BCUT2D eigenvalue weighted by Gasteiger charge is -1.91. The molecule has 0 saturated heterocycles. The van der Waals surface area contributed by atoms with Gasteiger partial charge in [-0.3, -0.25) is 5.43 Å². The van der Waals surface area contributed by atoms with Crippen LogP contribution in [0.25, 0.3) is 0 Å². The molecule has 16 heavy (non-hydrogen) atoms. The Hall–Kier alpha value is -2.07. The van der Waals surface area contributed by atoms with Crippen molar-refractivity contribution in [3.8, 4) is 0 Å². The van der Waals surface area contributed by atoms with Crippen LogP contribution >= 0.6 is 11.3 Å². The van der Waals surface area contributed by atoms with Gasteiger partial charge in [0.25, 0.3) is 0 Å². The van der Waals surface area contributed by atoms with Gasteiger partial charge in [0.2, 0.25) is 6.33 Å². The average Bonchev–Trinajstić information content (AvgIpc) is 2.87. The van der Waals surface area contributed by atoms with E-state index in [2.05, 4.69) is 20.5 Å². The van der Waals surface area contributed by atoms with Crippen LogP contribution in [0, 0.1) is 10.1 Å². The molecule has 0 aliphatic carbocycles. The van der Waals surface area contributed by atoms with Gasteiger partial charge in [-0.05, 0) is 4.92 Å². The van der Waals surface area contributed by atoms with E-state index >= 15 is 0 Å². The van der Waals surface area contributed by atoms with E-state index in [1.54, 1.807) is 6.20 Å². The van der Waals surface area contributed by atoms with Crippen molar-refractivity contribution in [2.24, 2.45) is 5.84 Å². The molecule has 0 amide bonds. The van der Waals surface area contributed by atoms with Crippen molar-refractivity contribution in [3.05, 3.63) is 27.5 Å². The number of thiazole rings is 1. The maximum absolute atomic E-state index is 10.3. The van der Waals surface area contributed by atoms with Crippen molar-refractivity contribution < 1.29 is 4.92 Å². The normalized spacial score (nSPS) is 10.3. The van der Waals surface area contributed by atoms with Crippen molar-refractivity contribution in [2.45, 2.75) is 6.54 Å². The molecule has 0 saturated carbocycles. The van der Waals surface area contributed by atoms with E-state index in [4.69, 9.17) is 5.84 Å². The third-order valence-corrected chi connectivity index (χ3v) is 2.60. The monoisotopic (exact) mass is 241 g/mol. The molecule has 0 fully saturated rings. The third-order valence-electron chi connectivity index (χ3n) is 1.68. The Kier molecular flexibility index (Phi) is 2.74. The molecular formula is C6H7N7O2S. The largest absolute Gasteiger partial charge is 0.490 e. The lowest BCUT2D eigenvalue weighted by Crippen LogP contribution is -2.05. The molecule has 0 atom stereocenters. The van der Waals surface area contributed by atoms with E-state index in [0.29, 0.717) is 11.7 Å². The number of anilines is 1. The number of hydrogen-bond acceptors (Lipinski definition) is 8. The number of aromatic nitrogens is 4. The zero-order valence-electron chi connectivity index (χ0n) is 7.90. The summed E-state index contributed by atoms with van der Waals surface area (Å²) in [4.78, 5) is 18.1. The van der Waals surface area contributed by atoms with Gasteiger partial charge in [0.05, 0.1) is 6.54 Å². The standard InChI is InChI=1S/C6H7N7O2S/c7-10-6-8-1-4(16-6)2-12-3-9-5(11-12)13(14)15/h1,3H,2,7H2,(H,8,10). The Morgan fingerprint density at radius 3 is 3.00 bits per heavy atom. The number of nitrogens with zero attached hydrogens (tertiary/aromatic N) is 5. The zero-order chi connectivity index (χ0) is 11.5. The number of hydrogen-bond donors (Lipinski definition) is 2. The van der Waals surface area contributed by atoms with Gasteiger partial charge in [-0.15, -0.1) is 0 Å². The van der Waals surface area contributed by atoms with Crippen molar-refractivity contribution in [3.63, 3.8) is 0 Å². The quantitative estimate of drug-likeness (QED) is 0.437. The summed E-state index contributed by atoms with van der Waals surface area (Å²) >= 11 is 1.34. The van der Waals surface area contributed by atoms with Crippen LogP contribution < -0.4 is 11.3 Å². The molecule has 84 valence electrons. The van der Waals surface area contributed by atoms with Gasteiger partial charge >= 0.3 is 5.95 Å². The topological polar surface area (TPSA) is 125 Å². The average molecular weight is 241 g/mol. The summed E-state index contributed by atoms with van der Waals surface area (Å²) in [5, 5.41) is 14.6. The molecule has 2 aromatic heterocycles. The molecule has 2 heterocycles. The van der Waals surface area contributed by atoms with Gasteiger partial charge in [-0.25, -0.2) is 10.8 Å². The van der Waals surface area contributed by atoms with Crippen LogP contribution in [-0.4, -0.2) is 24.7 Å². The highest BCUT2D eigenvalue weighted by atomic mass is 32.1. The van der Waals surface area contributed by atoms with Crippen LogP contribution in [0.3, 0.4) is 0 Å². The summed E-state index contributed by atoms with van der Waals surface area (Å²) in [6, 6.07) is 0. The lowest BCUT2D eigenvalue weighted by atomic mass is 10.5. The van der Waals surface area contributed by atoms with Crippen molar-refractivity contribution in [1.29, 1.82) is 0 Å². The van der Waals surface area contributed by atoms with Crippen LogP contribution in [0.4, 0.5) is 11.1 Å². The summed E-state index contributed by atoms with van der Waals surface area (Å²) in [7, 11) is 0. The Balaban J connectivity index is 2.11. The maximum atomic E-state index is 10.3. The molecule has 9 nitrogen and oxygen atoms in total. The molecule has 0 aliphatic heterocycles. The van der Waals surface area contributed by atoms with Crippen LogP contribution in [0.15, 0.2) is 12.5 Å². The first-order valence-electron chi connectivity index (χ1n) is 4.14. The van der Waals surface area contributed by atoms with Crippen LogP contribution in [0.5, 0.6) is 0 Å². The third kappa shape index (κ3) is 2.12. The fourth-order valence-electron chi connectivity index (χ4n) is 1.05. The van der Waals surface area contributed by atoms with Crippen LogP contribution in [-0.2, 0) is 6.54 Å². The van der Waals surface area contributed by atoms with E-state index in [-0.39, 0.29) is 0 Å². The molecule has 3 N–H and O–H groups in total. The summed E-state index contributed by atoms with van der Waals surface area (Å²) in [6.07, 6.45) is 2.92. The van der Waals surface area contributed by atoms with Crippen LogP contribution in [0.2, 0.25) is 0 Å². The van der Waals surface area contributed by atoms with E-state index in [9.17, 15) is 10.1 Å². The summed E-state index contributed by atoms with van der Waals surface area (Å²) in [5.74, 6) is 4.76. The highest BCUT2D eigenvalue weighted by Crippen LogP contribution is 2.17. The minimum atomic E-state index is -0.643. The zero-order valence-corrected chi connectivity index (χ0v) is 8.72. The van der Waals surface area contributed by atoms with Gasteiger partial charge in [-0.2, -0.15) is 4.68 Å². The van der Waals surface area contributed by atoms with Crippen molar-refractivity contribution in [1.82, 2.24) is 19.7 Å². The molecular weight excluding hydrogens is 234 g/mol. The van der Waals surface area contributed by atoms with Gasteiger partial charge in [0, 0.05) is 16.2 Å². The molecule has 10 heteroatoms. The number of nitrogens with two attached hydrogens (primary N) is 1. The second-order valence-corrected chi connectivity index (χ2v) is 3.89. The summed E-state index contributed by atoms with van der Waals surface area (Å²) in [6.45, 7) is 0.375. The maximum Gasteiger partial charge on any atom is 0.490 e. The highest BCUT2D eigenvalue weighted by Gasteiger charge is 2.13. The van der Waals surface area contributed by atoms with Crippen LogP contribution in [0.1, 0.15) is 4.88 Å². The molecule has 2 rings (SSSR count). The molecule has 0 aliphatic rings. The predicted octanol–water partition coefficient (Wildman–Crippen LogP) is -0.0233. The fraction of sp³-hybridized carbons (Fsp3) is 0.167. The Morgan fingerprint density at radius 1 is 1.62 bits per heavy atom. The number of nitrogen functional groups attached to an aromatic ring is 1. The van der Waals surface area contributed by atoms with E-state index in [0.717, 1.165) is 4.88 Å². The minimum Gasteiger partial charge on any atom is -0.390 e. The first-order valence-corrected chi connectivity index (χ1v) is 4.96. The fourth-order valence-corrected chi connectivity index (χ4v) is 1.77. The first-order chi connectivity index (χ1) is 7.69. The molecule has 0 spiro atoms. The minimum absolute atomic E-state index is 0.375. The van der Waals surface area contributed by atoms with E-state index < -0.39 is 10.9 Å². The predicted molar refractivity (Wildman–Crippen MR) is 55.7 cm³/mol. The Bertz CT molecular complexity index is 506. The Labute approximate surface area is 93.1 Å². The Morgan fingerprint density at radius 2 is 2.44 bits per heavy atom. The summed E-state index contributed by atoms with van der Waals surface area (Å²) in [5.41, 5.74) is 2.41. The van der Waals surface area contributed by atoms with Gasteiger partial charge in [-0.1, -0.05) is 16.3 Å². The molecule has 0 radical (unpaired) electrons. The smallest absolute Gasteiger partial charge is 0.390 e. The number of hydrazine groups is 1. The van der Waals surface area contributed by atoms with E-state index in [1.165, 1.54) is 22.3 Å². The molecule has 2 aromatic rings.